The lowest BCUT2D eigenvalue weighted by atomic mass is 9.96. The van der Waals surface area contributed by atoms with Gasteiger partial charge in [0.25, 0.3) is 0 Å². The van der Waals surface area contributed by atoms with Crippen molar-refractivity contribution in [1.29, 1.82) is 0 Å². The smallest absolute Gasteiger partial charge is 0.122 e. The summed E-state index contributed by atoms with van der Waals surface area (Å²) in [6, 6.07) is 31.4. The zero-order valence-corrected chi connectivity index (χ0v) is 28.6. The van der Waals surface area contributed by atoms with Crippen molar-refractivity contribution in [1.82, 2.24) is 5.43 Å². The van der Waals surface area contributed by atoms with Gasteiger partial charge in [0, 0.05) is 23.3 Å². The van der Waals surface area contributed by atoms with Gasteiger partial charge in [0.2, 0.25) is 0 Å². The predicted octanol–water partition coefficient (Wildman–Crippen LogP) is 10.8. The van der Waals surface area contributed by atoms with Gasteiger partial charge in [-0.2, -0.15) is 0 Å². The molecule has 0 heterocycles. The Labute approximate surface area is 281 Å². The molecule has 0 radical (unpaired) electrons. The molecule has 0 amide bonds. The summed E-state index contributed by atoms with van der Waals surface area (Å²) >= 11 is 0. The van der Waals surface area contributed by atoms with Gasteiger partial charge in [-0.3, -0.25) is 5.43 Å². The summed E-state index contributed by atoms with van der Waals surface area (Å²) in [6.45, 7) is 9.52. The Hall–Kier alpha value is -4.68. The maximum atomic E-state index is 7.06. The van der Waals surface area contributed by atoms with Crippen molar-refractivity contribution in [3.05, 3.63) is 108 Å². The molecule has 5 aromatic carbocycles. The molecule has 0 fully saturated rings. The normalized spacial score (nSPS) is 11.1. The Balaban J connectivity index is 1.54. The van der Waals surface area contributed by atoms with E-state index >= 15 is 0 Å². The second-order valence-corrected chi connectivity index (χ2v) is 12.8. The van der Waals surface area contributed by atoms with Gasteiger partial charge in [-0.05, 0) is 96.8 Å². The highest BCUT2D eigenvalue weighted by atomic mass is 15.7. The topological polar surface area (TPSA) is 91.4 Å². The highest BCUT2D eigenvalue weighted by Crippen LogP contribution is 2.43. The van der Waals surface area contributed by atoms with Gasteiger partial charge in [0.15, 0.2) is 0 Å². The van der Waals surface area contributed by atoms with Crippen LogP contribution in [0, 0.1) is 20.8 Å². The molecule has 5 rings (SSSR count). The van der Waals surface area contributed by atoms with Crippen molar-refractivity contribution in [3.63, 3.8) is 0 Å². The lowest BCUT2D eigenvalue weighted by molar-refractivity contribution is 0.552. The number of benzene rings is 5. The molecule has 0 spiro atoms. The summed E-state index contributed by atoms with van der Waals surface area (Å²) in [6.07, 6.45) is 10.2. The van der Waals surface area contributed by atoms with Crippen LogP contribution < -0.4 is 32.8 Å². The predicted molar refractivity (Wildman–Crippen MR) is 205 cm³/mol. The number of nitrogens with zero attached hydrogens (tertiary/aromatic N) is 1. The first kappa shape index (κ1) is 33.7. The molecule has 0 aromatic heterocycles. The Bertz CT molecular complexity index is 1760. The zero-order chi connectivity index (χ0) is 33.2. The average molecular weight is 629 g/mol. The van der Waals surface area contributed by atoms with Gasteiger partial charge in [-0.25, -0.2) is 10.5 Å². The molecule has 0 saturated carbocycles. The number of hydrazine groups is 2. The molecule has 0 bridgehead atoms. The van der Waals surface area contributed by atoms with E-state index in [2.05, 4.69) is 123 Å². The van der Waals surface area contributed by atoms with Crippen LogP contribution in [0.2, 0.25) is 0 Å². The zero-order valence-electron chi connectivity index (χ0n) is 28.6. The fourth-order valence-corrected chi connectivity index (χ4v) is 6.31. The van der Waals surface area contributed by atoms with E-state index in [9.17, 15) is 0 Å². The summed E-state index contributed by atoms with van der Waals surface area (Å²) in [7, 11) is 0. The molecule has 0 unspecified atom stereocenters. The standard InChI is InChI=1S/C41H52N6/c1-5-6-7-8-9-10-11-14-26-44-47(46-34-17-15-16-29(2)27-34)41-38(43)28-37(32-21-23-33(42)24-22-32)31(4)40(41)45-39-25-20-30(3)35-18-12-13-19-36(35)39/h12-13,15-25,27-28,44-46H,5-11,14,26,42-43H2,1-4H3. The van der Waals surface area contributed by atoms with Crippen LogP contribution in [0.1, 0.15) is 75.0 Å². The number of rotatable bonds is 16. The lowest BCUT2D eigenvalue weighted by Crippen LogP contribution is -2.44. The fourth-order valence-electron chi connectivity index (χ4n) is 6.31. The number of fused-ring (bicyclic) bond motifs is 1. The molecule has 47 heavy (non-hydrogen) atoms. The molecule has 5 aromatic rings. The highest BCUT2D eigenvalue weighted by molar-refractivity contribution is 6.01. The number of anilines is 6. The third-order valence-corrected chi connectivity index (χ3v) is 9.00. The van der Waals surface area contributed by atoms with E-state index in [1.807, 2.05) is 17.3 Å². The van der Waals surface area contributed by atoms with Crippen LogP contribution in [-0.4, -0.2) is 6.54 Å². The number of hydrogen-bond acceptors (Lipinski definition) is 6. The molecule has 246 valence electrons. The monoisotopic (exact) mass is 628 g/mol. The Morgan fingerprint density at radius 2 is 1.38 bits per heavy atom. The van der Waals surface area contributed by atoms with Crippen LogP contribution in [0.3, 0.4) is 0 Å². The highest BCUT2D eigenvalue weighted by Gasteiger charge is 2.22. The summed E-state index contributed by atoms with van der Waals surface area (Å²) in [5.41, 5.74) is 31.3. The van der Waals surface area contributed by atoms with E-state index in [1.54, 1.807) is 0 Å². The minimum Gasteiger partial charge on any atom is -0.399 e. The third kappa shape index (κ3) is 8.57. The van der Waals surface area contributed by atoms with E-state index < -0.39 is 0 Å². The Morgan fingerprint density at radius 3 is 2.11 bits per heavy atom. The SMILES string of the molecule is CCCCCCCCCCNN(Nc1cccc(C)c1)c1c(N)cc(-c2ccc(N)cc2)c(C)c1Nc1ccc(C)c2ccccc12. The van der Waals surface area contributed by atoms with E-state index in [1.165, 1.54) is 66.8 Å². The van der Waals surface area contributed by atoms with Crippen molar-refractivity contribution in [2.45, 2.75) is 79.1 Å². The van der Waals surface area contributed by atoms with Crippen LogP contribution in [-0.2, 0) is 0 Å². The first-order valence-corrected chi connectivity index (χ1v) is 17.3. The molecular formula is C41H52N6. The van der Waals surface area contributed by atoms with Gasteiger partial charge in [0.05, 0.1) is 17.1 Å². The lowest BCUT2D eigenvalue weighted by Gasteiger charge is -2.32. The van der Waals surface area contributed by atoms with E-state index in [0.29, 0.717) is 5.69 Å². The van der Waals surface area contributed by atoms with Crippen LogP contribution in [0.4, 0.5) is 34.1 Å². The number of nitrogens with one attached hydrogen (secondary N) is 3. The van der Waals surface area contributed by atoms with E-state index in [-0.39, 0.29) is 0 Å². The van der Waals surface area contributed by atoms with Gasteiger partial charge in [-0.1, -0.05) is 106 Å². The molecule has 0 saturated heterocycles. The van der Waals surface area contributed by atoms with Crippen molar-refractivity contribution in [3.8, 4) is 11.1 Å². The summed E-state index contributed by atoms with van der Waals surface area (Å²) in [5, 5.41) is 8.27. The Kier molecular flexibility index (Phi) is 11.6. The maximum absolute atomic E-state index is 7.06. The van der Waals surface area contributed by atoms with Crippen molar-refractivity contribution in [2.75, 3.05) is 33.9 Å². The van der Waals surface area contributed by atoms with Gasteiger partial charge >= 0.3 is 0 Å². The quantitative estimate of drug-likeness (QED) is 0.0424. The molecule has 6 heteroatoms. The molecule has 0 aliphatic carbocycles. The molecular weight excluding hydrogens is 576 g/mol. The summed E-state index contributed by atoms with van der Waals surface area (Å²) in [4.78, 5) is 0. The molecule has 0 aliphatic heterocycles. The Morgan fingerprint density at radius 1 is 0.681 bits per heavy atom. The van der Waals surface area contributed by atoms with Crippen LogP contribution in [0.15, 0.2) is 91.0 Å². The first-order valence-electron chi connectivity index (χ1n) is 17.3. The number of nitrogen functional groups attached to an aromatic ring is 2. The minimum absolute atomic E-state index is 0.657. The molecule has 6 nitrogen and oxygen atoms in total. The molecule has 7 N–H and O–H groups in total. The average Bonchev–Trinajstić information content (AvgIpc) is 3.07. The molecule has 0 aliphatic rings. The van der Waals surface area contributed by atoms with Crippen LogP contribution >= 0.6 is 0 Å². The minimum atomic E-state index is 0.657. The van der Waals surface area contributed by atoms with Crippen LogP contribution in [0.25, 0.3) is 21.9 Å². The third-order valence-electron chi connectivity index (χ3n) is 9.00. The summed E-state index contributed by atoms with van der Waals surface area (Å²) < 4.78 is 0. The van der Waals surface area contributed by atoms with Gasteiger partial charge < -0.3 is 16.8 Å². The fraction of sp³-hybridized carbons (Fsp3) is 0.317. The number of aryl methyl sites for hydroxylation is 2. The number of nitrogens with two attached hydrogens (primary N) is 2. The number of hydrogen-bond donors (Lipinski definition) is 5. The van der Waals surface area contributed by atoms with Crippen LogP contribution in [0.5, 0.6) is 0 Å². The summed E-state index contributed by atoms with van der Waals surface area (Å²) in [5.74, 6) is 0. The largest absolute Gasteiger partial charge is 0.399 e. The van der Waals surface area contributed by atoms with Crippen molar-refractivity contribution in [2.24, 2.45) is 0 Å². The van der Waals surface area contributed by atoms with Crippen molar-refractivity contribution >= 4 is 44.9 Å². The first-order chi connectivity index (χ1) is 22.9. The van der Waals surface area contributed by atoms with Crippen molar-refractivity contribution < 1.29 is 0 Å². The van der Waals surface area contributed by atoms with E-state index in [0.717, 1.165) is 58.1 Å². The second kappa shape index (κ2) is 16.2. The number of unbranched alkanes of at least 4 members (excludes halogenated alkanes) is 7. The van der Waals surface area contributed by atoms with Gasteiger partial charge in [0.1, 0.15) is 5.69 Å². The van der Waals surface area contributed by atoms with Gasteiger partial charge in [-0.15, -0.1) is 0 Å². The maximum Gasteiger partial charge on any atom is 0.122 e. The molecule has 0 atom stereocenters. The van der Waals surface area contributed by atoms with E-state index in [4.69, 9.17) is 11.5 Å². The second-order valence-electron chi connectivity index (χ2n) is 12.8.